The quantitative estimate of drug-likeness (QED) is 0.642. The summed E-state index contributed by atoms with van der Waals surface area (Å²) < 4.78 is 0. The molecule has 2 heterocycles. The SMILES string of the molecule is O=C(NCCCc1cccnc1)C(=O)N1CCCC1. The Labute approximate surface area is 113 Å². The second-order valence-electron chi connectivity index (χ2n) is 4.72. The van der Waals surface area contributed by atoms with Crippen molar-refractivity contribution in [2.24, 2.45) is 0 Å². The van der Waals surface area contributed by atoms with Crippen molar-refractivity contribution in [3.8, 4) is 0 Å². The molecular formula is C14H19N3O2. The molecule has 1 aromatic heterocycles. The van der Waals surface area contributed by atoms with E-state index in [1.807, 2.05) is 18.3 Å². The fraction of sp³-hybridized carbons (Fsp3) is 0.500. The van der Waals surface area contributed by atoms with Crippen LogP contribution in [-0.4, -0.2) is 41.3 Å². The maximum absolute atomic E-state index is 11.7. The number of pyridine rings is 1. The average molecular weight is 261 g/mol. The van der Waals surface area contributed by atoms with Gasteiger partial charge in [0.25, 0.3) is 0 Å². The van der Waals surface area contributed by atoms with E-state index in [2.05, 4.69) is 10.3 Å². The number of carbonyl (C=O) groups is 2. The first-order valence-electron chi connectivity index (χ1n) is 6.73. The lowest BCUT2D eigenvalue weighted by atomic mass is 10.1. The van der Waals surface area contributed by atoms with Crippen LogP contribution in [-0.2, 0) is 16.0 Å². The molecule has 0 aliphatic carbocycles. The van der Waals surface area contributed by atoms with Gasteiger partial charge in [-0.1, -0.05) is 6.07 Å². The molecule has 19 heavy (non-hydrogen) atoms. The van der Waals surface area contributed by atoms with Crippen LogP contribution in [0.15, 0.2) is 24.5 Å². The van der Waals surface area contributed by atoms with Gasteiger partial charge in [-0.2, -0.15) is 0 Å². The van der Waals surface area contributed by atoms with Crippen LogP contribution in [0.1, 0.15) is 24.8 Å². The van der Waals surface area contributed by atoms with Crippen LogP contribution in [0.3, 0.4) is 0 Å². The number of rotatable bonds is 4. The summed E-state index contributed by atoms with van der Waals surface area (Å²) >= 11 is 0. The van der Waals surface area contributed by atoms with Gasteiger partial charge < -0.3 is 10.2 Å². The van der Waals surface area contributed by atoms with Crippen molar-refractivity contribution in [2.45, 2.75) is 25.7 Å². The number of nitrogens with zero attached hydrogens (tertiary/aromatic N) is 2. The van der Waals surface area contributed by atoms with E-state index in [-0.39, 0.29) is 5.91 Å². The lowest BCUT2D eigenvalue weighted by Gasteiger charge is -2.14. The molecule has 102 valence electrons. The monoisotopic (exact) mass is 261 g/mol. The normalized spacial score (nSPS) is 14.4. The minimum absolute atomic E-state index is 0.390. The number of aryl methyl sites for hydroxylation is 1. The molecule has 1 aromatic rings. The van der Waals surface area contributed by atoms with Gasteiger partial charge in [-0.25, -0.2) is 0 Å². The van der Waals surface area contributed by atoms with E-state index in [1.165, 1.54) is 0 Å². The zero-order valence-corrected chi connectivity index (χ0v) is 11.0. The Bertz CT molecular complexity index is 428. The lowest BCUT2D eigenvalue weighted by molar-refractivity contribution is -0.145. The molecule has 0 radical (unpaired) electrons. The summed E-state index contributed by atoms with van der Waals surface area (Å²) in [6.07, 6.45) is 7.22. The van der Waals surface area contributed by atoms with Crippen molar-refractivity contribution in [2.75, 3.05) is 19.6 Å². The Morgan fingerprint density at radius 3 is 2.79 bits per heavy atom. The van der Waals surface area contributed by atoms with Gasteiger partial charge in [0.2, 0.25) is 0 Å². The van der Waals surface area contributed by atoms with Gasteiger partial charge in [-0.05, 0) is 37.3 Å². The first kappa shape index (κ1) is 13.5. The van der Waals surface area contributed by atoms with Gasteiger partial charge in [0.1, 0.15) is 0 Å². The summed E-state index contributed by atoms with van der Waals surface area (Å²) in [5, 5.41) is 2.68. The van der Waals surface area contributed by atoms with Crippen LogP contribution in [0.2, 0.25) is 0 Å². The first-order valence-corrected chi connectivity index (χ1v) is 6.73. The summed E-state index contributed by atoms with van der Waals surface area (Å²) in [5.74, 6) is -0.869. The smallest absolute Gasteiger partial charge is 0.311 e. The number of likely N-dealkylation sites (tertiary alicyclic amines) is 1. The first-order chi connectivity index (χ1) is 9.27. The highest BCUT2D eigenvalue weighted by Crippen LogP contribution is 2.07. The standard InChI is InChI=1S/C14H19N3O2/c18-13(14(19)17-9-1-2-10-17)16-8-4-6-12-5-3-7-15-11-12/h3,5,7,11H,1-2,4,6,8-10H2,(H,16,18). The number of amides is 2. The fourth-order valence-electron chi connectivity index (χ4n) is 2.18. The lowest BCUT2D eigenvalue weighted by Crippen LogP contribution is -2.41. The van der Waals surface area contributed by atoms with E-state index in [9.17, 15) is 9.59 Å². The molecule has 0 saturated carbocycles. The van der Waals surface area contributed by atoms with Crippen LogP contribution >= 0.6 is 0 Å². The van der Waals surface area contributed by atoms with Crippen LogP contribution in [0, 0.1) is 0 Å². The third-order valence-corrected chi connectivity index (χ3v) is 3.24. The summed E-state index contributed by atoms with van der Waals surface area (Å²) in [5.41, 5.74) is 1.14. The molecule has 0 unspecified atom stereocenters. The van der Waals surface area contributed by atoms with E-state index in [4.69, 9.17) is 0 Å². The maximum atomic E-state index is 11.7. The minimum Gasteiger partial charge on any atom is -0.348 e. The van der Waals surface area contributed by atoms with Crippen molar-refractivity contribution in [3.63, 3.8) is 0 Å². The molecule has 5 nitrogen and oxygen atoms in total. The van der Waals surface area contributed by atoms with E-state index < -0.39 is 5.91 Å². The molecule has 0 spiro atoms. The average Bonchev–Trinajstić information content (AvgIpc) is 2.98. The zero-order valence-electron chi connectivity index (χ0n) is 11.0. The Balaban J connectivity index is 1.65. The van der Waals surface area contributed by atoms with E-state index in [1.54, 1.807) is 11.1 Å². The molecular weight excluding hydrogens is 242 g/mol. The number of hydrogen-bond acceptors (Lipinski definition) is 3. The molecule has 0 bridgehead atoms. The molecule has 0 atom stereocenters. The topological polar surface area (TPSA) is 62.3 Å². The molecule has 1 aliphatic heterocycles. The van der Waals surface area contributed by atoms with Crippen LogP contribution in [0.5, 0.6) is 0 Å². The predicted molar refractivity (Wildman–Crippen MR) is 71.4 cm³/mol. The van der Waals surface area contributed by atoms with Crippen molar-refractivity contribution >= 4 is 11.8 Å². The predicted octanol–water partition coefficient (Wildman–Crippen LogP) is 0.753. The fourth-order valence-corrected chi connectivity index (χ4v) is 2.18. The third kappa shape index (κ3) is 4.05. The largest absolute Gasteiger partial charge is 0.348 e. The summed E-state index contributed by atoms with van der Waals surface area (Å²) in [4.78, 5) is 29.0. The zero-order chi connectivity index (χ0) is 13.5. The Kier molecular flexibility index (Phi) is 4.89. The molecule has 2 amide bonds. The van der Waals surface area contributed by atoms with Gasteiger partial charge in [0.15, 0.2) is 0 Å². The highest BCUT2D eigenvalue weighted by Gasteiger charge is 2.23. The van der Waals surface area contributed by atoms with Crippen LogP contribution in [0.4, 0.5) is 0 Å². The van der Waals surface area contributed by atoms with Gasteiger partial charge >= 0.3 is 11.8 Å². The Hall–Kier alpha value is -1.91. The summed E-state index contributed by atoms with van der Waals surface area (Å²) in [6.45, 7) is 1.94. The van der Waals surface area contributed by atoms with E-state index >= 15 is 0 Å². The molecule has 1 N–H and O–H groups in total. The number of hydrogen-bond donors (Lipinski definition) is 1. The van der Waals surface area contributed by atoms with Crippen molar-refractivity contribution in [1.29, 1.82) is 0 Å². The van der Waals surface area contributed by atoms with Gasteiger partial charge in [-0.3, -0.25) is 14.6 Å². The third-order valence-electron chi connectivity index (χ3n) is 3.24. The molecule has 2 rings (SSSR count). The van der Waals surface area contributed by atoms with Crippen molar-refractivity contribution < 1.29 is 9.59 Å². The van der Waals surface area contributed by atoms with Crippen molar-refractivity contribution in [1.82, 2.24) is 15.2 Å². The number of nitrogens with one attached hydrogen (secondary N) is 1. The molecule has 5 heteroatoms. The summed E-state index contributed by atoms with van der Waals surface area (Å²) in [7, 11) is 0. The molecule has 1 fully saturated rings. The number of carbonyl (C=O) groups excluding carboxylic acids is 2. The second-order valence-corrected chi connectivity index (χ2v) is 4.72. The minimum atomic E-state index is -0.479. The summed E-state index contributed by atoms with van der Waals surface area (Å²) in [6, 6.07) is 3.90. The van der Waals surface area contributed by atoms with E-state index in [0.29, 0.717) is 19.6 Å². The van der Waals surface area contributed by atoms with Crippen LogP contribution < -0.4 is 5.32 Å². The van der Waals surface area contributed by atoms with Gasteiger partial charge in [0, 0.05) is 32.0 Å². The Morgan fingerprint density at radius 1 is 1.32 bits per heavy atom. The Morgan fingerprint density at radius 2 is 2.11 bits per heavy atom. The molecule has 0 aromatic carbocycles. The van der Waals surface area contributed by atoms with Gasteiger partial charge in [0.05, 0.1) is 0 Å². The highest BCUT2D eigenvalue weighted by molar-refractivity contribution is 6.35. The van der Waals surface area contributed by atoms with Crippen LogP contribution in [0.25, 0.3) is 0 Å². The molecule has 1 aliphatic rings. The highest BCUT2D eigenvalue weighted by atomic mass is 16.2. The van der Waals surface area contributed by atoms with Gasteiger partial charge in [-0.15, -0.1) is 0 Å². The maximum Gasteiger partial charge on any atom is 0.311 e. The van der Waals surface area contributed by atoms with E-state index in [0.717, 1.165) is 31.2 Å². The van der Waals surface area contributed by atoms with Crippen molar-refractivity contribution in [3.05, 3.63) is 30.1 Å². The molecule has 1 saturated heterocycles. The second kappa shape index (κ2) is 6.87. The number of aromatic nitrogens is 1.